The Kier molecular flexibility index (Phi) is 5.49. The summed E-state index contributed by atoms with van der Waals surface area (Å²) in [5, 5.41) is 23.9. The summed E-state index contributed by atoms with van der Waals surface area (Å²) in [6.07, 6.45) is 3.29. The van der Waals surface area contributed by atoms with Gasteiger partial charge in [-0.3, -0.25) is 9.59 Å². The Hall–Kier alpha value is -2.53. The fourth-order valence-corrected chi connectivity index (χ4v) is 5.91. The Labute approximate surface area is 179 Å². The fraction of sp³-hybridized carbons (Fsp3) is 0.421. The molecule has 2 aromatic rings. The molecule has 1 aromatic carbocycles. The van der Waals surface area contributed by atoms with Crippen LogP contribution in [0.25, 0.3) is 11.2 Å². The van der Waals surface area contributed by atoms with Crippen LogP contribution in [0.5, 0.6) is 11.5 Å². The molecule has 0 aliphatic carbocycles. The molecule has 160 valence electrons. The number of amides is 2. The van der Waals surface area contributed by atoms with Crippen LogP contribution in [0.2, 0.25) is 0 Å². The van der Waals surface area contributed by atoms with Gasteiger partial charge in [-0.2, -0.15) is 0 Å². The Morgan fingerprint density at radius 3 is 1.63 bits per heavy atom. The van der Waals surface area contributed by atoms with Crippen molar-refractivity contribution in [2.24, 2.45) is 0 Å². The zero-order valence-corrected chi connectivity index (χ0v) is 18.0. The molecule has 3 heterocycles. The third-order valence-corrected chi connectivity index (χ3v) is 7.48. The normalized spacial score (nSPS) is 16.5. The van der Waals surface area contributed by atoms with E-state index in [1.165, 1.54) is 10.0 Å². The molecular formula is C19H20N2O7S2. The van der Waals surface area contributed by atoms with E-state index in [0.29, 0.717) is 17.3 Å². The predicted octanol–water partition coefficient (Wildman–Crippen LogP) is 3.39. The minimum atomic E-state index is -1.05. The molecule has 30 heavy (non-hydrogen) atoms. The Bertz CT molecular complexity index is 1050. The van der Waals surface area contributed by atoms with Crippen molar-refractivity contribution in [3.63, 3.8) is 0 Å². The van der Waals surface area contributed by atoms with Gasteiger partial charge in [0.25, 0.3) is 11.8 Å². The monoisotopic (exact) mass is 452 g/mol. The van der Waals surface area contributed by atoms with E-state index < -0.39 is 5.82 Å². The SMILES string of the molecule is CCCCN1C(=O)C(=C2Sc3c(c(O)c4oc(=O)oc4c3O)S2)C(=O)N1CCCC. The van der Waals surface area contributed by atoms with E-state index in [0.717, 1.165) is 49.2 Å². The maximum absolute atomic E-state index is 13.1. The van der Waals surface area contributed by atoms with Crippen molar-refractivity contribution in [3.8, 4) is 11.5 Å². The third-order valence-electron chi connectivity index (χ3n) is 4.87. The molecule has 11 heteroatoms. The van der Waals surface area contributed by atoms with Crippen LogP contribution in [0.4, 0.5) is 0 Å². The number of unbranched alkanes of at least 4 members (excludes halogenated alkanes) is 2. The molecular weight excluding hydrogens is 432 g/mol. The number of hydrogen-bond acceptors (Lipinski definition) is 9. The average Bonchev–Trinajstić information content (AvgIpc) is 3.38. The molecule has 2 aliphatic rings. The highest BCUT2D eigenvalue weighted by atomic mass is 32.2. The number of phenolic OH excluding ortho intramolecular Hbond substituents is 2. The minimum absolute atomic E-state index is 0.0188. The van der Waals surface area contributed by atoms with Crippen LogP contribution in [-0.4, -0.2) is 45.1 Å². The molecule has 2 N–H and O–H groups in total. The van der Waals surface area contributed by atoms with Crippen LogP contribution in [0, 0.1) is 0 Å². The van der Waals surface area contributed by atoms with Crippen molar-refractivity contribution in [2.45, 2.75) is 49.3 Å². The summed E-state index contributed by atoms with van der Waals surface area (Å²) in [6, 6.07) is 0. The number of aromatic hydroxyl groups is 2. The van der Waals surface area contributed by atoms with Crippen molar-refractivity contribution in [1.82, 2.24) is 10.0 Å². The van der Waals surface area contributed by atoms with Crippen molar-refractivity contribution in [3.05, 3.63) is 20.4 Å². The lowest BCUT2D eigenvalue weighted by molar-refractivity contribution is -0.147. The number of benzene rings is 1. The van der Waals surface area contributed by atoms with Gasteiger partial charge >= 0.3 is 5.82 Å². The first kappa shape index (κ1) is 20.7. The van der Waals surface area contributed by atoms with Crippen molar-refractivity contribution >= 4 is 46.5 Å². The van der Waals surface area contributed by atoms with Gasteiger partial charge < -0.3 is 19.0 Å². The van der Waals surface area contributed by atoms with Gasteiger partial charge in [-0.05, 0) is 12.8 Å². The molecule has 9 nitrogen and oxygen atoms in total. The maximum atomic E-state index is 13.1. The van der Waals surface area contributed by atoms with Gasteiger partial charge in [0.1, 0.15) is 5.57 Å². The average molecular weight is 453 g/mol. The molecule has 0 unspecified atom stereocenters. The summed E-state index contributed by atoms with van der Waals surface area (Å²) in [5.74, 6) is -2.57. The zero-order valence-electron chi connectivity index (χ0n) is 16.4. The molecule has 0 atom stereocenters. The van der Waals surface area contributed by atoms with Crippen LogP contribution in [0.1, 0.15) is 39.5 Å². The first-order valence-electron chi connectivity index (χ1n) is 9.64. The standard InChI is InChI=1S/C19H20N2O7S2/c1-3-5-7-20-16(24)9(17(25)21(20)8-6-4-2)18-29-14-10(22)12-13(28-19(26)27-12)11(23)15(14)30-18/h22-23H,3-8H2,1-2H3. The second kappa shape index (κ2) is 7.95. The molecule has 2 amide bonds. The zero-order chi connectivity index (χ0) is 21.6. The van der Waals surface area contributed by atoms with Crippen molar-refractivity contribution in [2.75, 3.05) is 13.1 Å². The molecule has 1 aromatic heterocycles. The summed E-state index contributed by atoms with van der Waals surface area (Å²) in [6.45, 7) is 4.91. The maximum Gasteiger partial charge on any atom is 0.519 e. The van der Waals surface area contributed by atoms with Crippen LogP contribution in [-0.2, 0) is 9.59 Å². The number of fused-ring (bicyclic) bond motifs is 2. The Morgan fingerprint density at radius 2 is 1.23 bits per heavy atom. The number of phenols is 2. The summed E-state index contributed by atoms with van der Waals surface area (Å²) >= 11 is 1.98. The number of thioether (sulfide) groups is 2. The third kappa shape index (κ3) is 3.16. The fourth-order valence-electron chi connectivity index (χ4n) is 3.31. The lowest BCUT2D eigenvalue weighted by atomic mass is 10.3. The molecule has 2 aliphatic heterocycles. The van der Waals surface area contributed by atoms with Gasteiger partial charge in [-0.15, -0.1) is 0 Å². The van der Waals surface area contributed by atoms with E-state index in [1.54, 1.807) is 0 Å². The number of hydrogen-bond donors (Lipinski definition) is 2. The number of hydrazine groups is 1. The number of carbonyl (C=O) groups excluding carboxylic acids is 2. The summed E-state index contributed by atoms with van der Waals surface area (Å²) < 4.78 is 9.98. The molecule has 1 fully saturated rings. The van der Waals surface area contributed by atoms with E-state index in [9.17, 15) is 24.6 Å². The predicted molar refractivity (Wildman–Crippen MR) is 110 cm³/mol. The van der Waals surface area contributed by atoms with Crippen LogP contribution < -0.4 is 5.82 Å². The Balaban J connectivity index is 1.76. The summed E-state index contributed by atoms with van der Waals surface area (Å²) in [4.78, 5) is 38.0. The smallest absolute Gasteiger partial charge is 0.503 e. The second-order valence-corrected chi connectivity index (χ2v) is 9.20. The number of rotatable bonds is 6. The van der Waals surface area contributed by atoms with Gasteiger partial charge in [0.15, 0.2) is 11.5 Å². The lowest BCUT2D eigenvalue weighted by Gasteiger charge is -2.27. The van der Waals surface area contributed by atoms with Crippen LogP contribution >= 0.6 is 23.5 Å². The number of nitrogens with zero attached hydrogens (tertiary/aromatic N) is 2. The lowest BCUT2D eigenvalue weighted by Crippen LogP contribution is -2.42. The number of carbonyl (C=O) groups is 2. The van der Waals surface area contributed by atoms with E-state index in [2.05, 4.69) is 0 Å². The molecule has 0 spiro atoms. The van der Waals surface area contributed by atoms with Crippen molar-refractivity contribution in [1.29, 1.82) is 0 Å². The van der Waals surface area contributed by atoms with Crippen LogP contribution in [0.3, 0.4) is 0 Å². The highest BCUT2D eigenvalue weighted by Gasteiger charge is 2.45. The molecule has 0 saturated carbocycles. The summed E-state index contributed by atoms with van der Waals surface area (Å²) in [5.41, 5.74) is -0.520. The highest BCUT2D eigenvalue weighted by molar-refractivity contribution is 8.25. The van der Waals surface area contributed by atoms with E-state index in [1.807, 2.05) is 13.8 Å². The van der Waals surface area contributed by atoms with Crippen molar-refractivity contribution < 1.29 is 28.6 Å². The first-order valence-corrected chi connectivity index (χ1v) is 11.3. The van der Waals surface area contributed by atoms with E-state index in [4.69, 9.17) is 8.83 Å². The van der Waals surface area contributed by atoms with Crippen LogP contribution in [0.15, 0.2) is 33.2 Å². The van der Waals surface area contributed by atoms with E-state index >= 15 is 0 Å². The minimum Gasteiger partial charge on any atom is -0.503 e. The summed E-state index contributed by atoms with van der Waals surface area (Å²) in [7, 11) is 0. The first-order chi connectivity index (χ1) is 14.4. The quantitative estimate of drug-likeness (QED) is 0.385. The Morgan fingerprint density at radius 1 is 0.800 bits per heavy atom. The van der Waals surface area contributed by atoms with Gasteiger partial charge in [0.2, 0.25) is 11.2 Å². The van der Waals surface area contributed by atoms with Gasteiger partial charge in [-0.1, -0.05) is 50.2 Å². The second-order valence-electron chi connectivity index (χ2n) is 6.90. The van der Waals surface area contributed by atoms with E-state index in [-0.39, 0.29) is 49.8 Å². The molecule has 4 rings (SSSR count). The molecule has 1 saturated heterocycles. The van der Waals surface area contributed by atoms with Gasteiger partial charge in [0, 0.05) is 13.1 Å². The van der Waals surface area contributed by atoms with Gasteiger partial charge in [0.05, 0.1) is 14.0 Å². The highest BCUT2D eigenvalue weighted by Crippen LogP contribution is 2.61. The van der Waals surface area contributed by atoms with Gasteiger partial charge in [-0.25, -0.2) is 14.8 Å². The molecule has 0 bridgehead atoms. The molecule has 0 radical (unpaired) electrons. The largest absolute Gasteiger partial charge is 0.519 e. The topological polar surface area (TPSA) is 124 Å².